The minimum atomic E-state index is -0.401. The van der Waals surface area contributed by atoms with E-state index in [1.807, 2.05) is 42.5 Å². The number of amidine groups is 1. The maximum atomic E-state index is 13.7. The highest BCUT2D eigenvalue weighted by Gasteiger charge is 2.64. The van der Waals surface area contributed by atoms with E-state index in [-0.39, 0.29) is 49.0 Å². The van der Waals surface area contributed by atoms with Gasteiger partial charge in [0.15, 0.2) is 11.5 Å². The number of imide groups is 1. The number of benzene rings is 2. The van der Waals surface area contributed by atoms with Gasteiger partial charge in [-0.2, -0.15) is 0 Å². The van der Waals surface area contributed by atoms with Gasteiger partial charge in [-0.3, -0.25) is 24.8 Å². The van der Waals surface area contributed by atoms with Gasteiger partial charge in [-0.05, 0) is 42.1 Å². The summed E-state index contributed by atoms with van der Waals surface area (Å²) in [5.41, 5.74) is 8.12. The highest BCUT2D eigenvalue weighted by atomic mass is 16.7. The Kier molecular flexibility index (Phi) is 4.48. The van der Waals surface area contributed by atoms with Crippen LogP contribution in [0.15, 0.2) is 42.5 Å². The molecule has 0 aromatic heterocycles. The molecule has 4 aliphatic heterocycles. The number of carbonyl (C=O) groups is 2. The number of fused-ring (bicyclic) bond motifs is 4. The number of nitrogens with two attached hydrogens (primary N) is 1. The van der Waals surface area contributed by atoms with Gasteiger partial charge in [0, 0.05) is 17.6 Å². The van der Waals surface area contributed by atoms with Crippen LogP contribution in [0.25, 0.3) is 0 Å². The van der Waals surface area contributed by atoms with E-state index in [0.29, 0.717) is 23.0 Å². The first-order valence-electron chi connectivity index (χ1n) is 11.4. The molecule has 33 heavy (non-hydrogen) atoms. The molecule has 0 spiro atoms. The summed E-state index contributed by atoms with van der Waals surface area (Å²) >= 11 is 0. The van der Waals surface area contributed by atoms with Gasteiger partial charge in [-0.1, -0.05) is 37.3 Å². The van der Waals surface area contributed by atoms with E-state index >= 15 is 0 Å². The molecule has 2 aromatic rings. The van der Waals surface area contributed by atoms with Crippen molar-refractivity contribution in [1.29, 1.82) is 5.41 Å². The van der Waals surface area contributed by atoms with Crippen LogP contribution in [-0.4, -0.2) is 46.8 Å². The second kappa shape index (κ2) is 7.31. The molecule has 0 saturated carbocycles. The van der Waals surface area contributed by atoms with Gasteiger partial charge in [0.05, 0.1) is 18.4 Å². The molecule has 3 fully saturated rings. The molecular weight excluding hydrogens is 420 g/mol. The summed E-state index contributed by atoms with van der Waals surface area (Å²) in [7, 11) is 0. The zero-order valence-corrected chi connectivity index (χ0v) is 18.4. The zero-order chi connectivity index (χ0) is 22.9. The van der Waals surface area contributed by atoms with Crippen molar-refractivity contribution >= 4 is 17.6 Å². The number of rotatable bonds is 4. The maximum Gasteiger partial charge on any atom is 0.235 e. The van der Waals surface area contributed by atoms with E-state index in [0.717, 1.165) is 24.1 Å². The van der Waals surface area contributed by atoms with Crippen molar-refractivity contribution in [2.24, 2.45) is 23.5 Å². The summed E-state index contributed by atoms with van der Waals surface area (Å²) in [5, 5.41) is 7.66. The third-order valence-electron chi connectivity index (χ3n) is 7.70. The highest BCUT2D eigenvalue weighted by Crippen LogP contribution is 2.54. The molecule has 6 rings (SSSR count). The fourth-order valence-corrected chi connectivity index (χ4v) is 6.19. The maximum absolute atomic E-state index is 13.7. The molecule has 2 amide bonds. The summed E-state index contributed by atoms with van der Waals surface area (Å²) in [6, 6.07) is 13.0. The molecule has 170 valence electrons. The third-order valence-corrected chi connectivity index (χ3v) is 7.70. The molecule has 3 N–H and O–H groups in total. The van der Waals surface area contributed by atoms with Crippen molar-refractivity contribution < 1.29 is 19.1 Å². The Morgan fingerprint density at radius 1 is 1.06 bits per heavy atom. The average Bonchev–Trinajstić information content (AvgIpc) is 3.55. The predicted molar refractivity (Wildman–Crippen MR) is 120 cm³/mol. The lowest BCUT2D eigenvalue weighted by atomic mass is 9.82. The minimum absolute atomic E-state index is 0.0144. The van der Waals surface area contributed by atoms with Crippen LogP contribution >= 0.6 is 0 Å². The van der Waals surface area contributed by atoms with E-state index in [1.165, 1.54) is 4.90 Å². The molecule has 4 heterocycles. The molecule has 0 bridgehead atoms. The van der Waals surface area contributed by atoms with Crippen LogP contribution in [0.1, 0.15) is 36.1 Å². The van der Waals surface area contributed by atoms with Crippen LogP contribution in [0.5, 0.6) is 11.5 Å². The van der Waals surface area contributed by atoms with Crippen LogP contribution < -0.4 is 15.2 Å². The van der Waals surface area contributed by atoms with Crippen LogP contribution in [0, 0.1) is 23.2 Å². The van der Waals surface area contributed by atoms with Crippen molar-refractivity contribution in [2.75, 3.05) is 13.3 Å². The highest BCUT2D eigenvalue weighted by molar-refractivity contribution is 6.06. The number of likely N-dealkylation sites (tertiary alicyclic amines) is 1. The first kappa shape index (κ1) is 20.2. The monoisotopic (exact) mass is 446 g/mol. The number of amides is 2. The van der Waals surface area contributed by atoms with Gasteiger partial charge >= 0.3 is 0 Å². The summed E-state index contributed by atoms with van der Waals surface area (Å²) in [6.45, 7) is 3.48. The van der Waals surface area contributed by atoms with Gasteiger partial charge in [0.25, 0.3) is 0 Å². The van der Waals surface area contributed by atoms with E-state index < -0.39 is 5.92 Å². The summed E-state index contributed by atoms with van der Waals surface area (Å²) in [6.07, 6.45) is 1.01. The van der Waals surface area contributed by atoms with Crippen LogP contribution in [0.3, 0.4) is 0 Å². The van der Waals surface area contributed by atoms with Crippen LogP contribution in [-0.2, 0) is 16.1 Å². The topological polar surface area (TPSA) is 109 Å². The lowest BCUT2D eigenvalue weighted by molar-refractivity contribution is -0.142. The molecule has 5 unspecified atom stereocenters. The second-order valence-corrected chi connectivity index (χ2v) is 9.48. The van der Waals surface area contributed by atoms with E-state index in [2.05, 4.69) is 11.8 Å². The Hall–Kier alpha value is -3.39. The normalized spacial score (nSPS) is 30.1. The lowest BCUT2D eigenvalue weighted by Gasteiger charge is -2.29. The molecule has 4 aliphatic rings. The van der Waals surface area contributed by atoms with Crippen molar-refractivity contribution in [1.82, 2.24) is 9.80 Å². The third kappa shape index (κ3) is 2.97. The Balaban J connectivity index is 1.34. The van der Waals surface area contributed by atoms with Crippen molar-refractivity contribution in [3.05, 3.63) is 59.2 Å². The van der Waals surface area contributed by atoms with E-state index in [9.17, 15) is 9.59 Å². The van der Waals surface area contributed by atoms with Crippen LogP contribution in [0.2, 0.25) is 0 Å². The smallest absolute Gasteiger partial charge is 0.235 e. The summed E-state index contributed by atoms with van der Waals surface area (Å²) < 4.78 is 10.8. The van der Waals surface area contributed by atoms with Crippen molar-refractivity contribution in [3.63, 3.8) is 0 Å². The average molecular weight is 447 g/mol. The minimum Gasteiger partial charge on any atom is -0.454 e. The molecule has 5 atom stereocenters. The van der Waals surface area contributed by atoms with Gasteiger partial charge in [0.1, 0.15) is 5.84 Å². The molecule has 0 radical (unpaired) electrons. The van der Waals surface area contributed by atoms with Gasteiger partial charge in [-0.15, -0.1) is 0 Å². The number of hydrogen-bond acceptors (Lipinski definition) is 6. The summed E-state index contributed by atoms with van der Waals surface area (Å²) in [5.74, 6) is 0.773. The number of nitrogen functional groups attached to an aromatic ring is 1. The van der Waals surface area contributed by atoms with E-state index in [4.69, 9.17) is 20.6 Å². The van der Waals surface area contributed by atoms with Crippen LogP contribution in [0.4, 0.5) is 0 Å². The fourth-order valence-electron chi connectivity index (χ4n) is 6.19. The standard InChI is InChI=1S/C25H26N4O4/c1-13-8-9-28-21(13)19-20(22(28)15-3-5-16(6-4-15)23(26)27)25(31)29(24(19)30)11-14-2-7-17-18(10-14)33-12-32-17/h2-7,10,13,19-22H,8-9,11-12H2,1H3,(H3,26,27). The number of ether oxygens (including phenoxy) is 2. The Bertz CT molecular complexity index is 1160. The van der Waals surface area contributed by atoms with Crippen molar-refractivity contribution in [3.8, 4) is 11.5 Å². The Morgan fingerprint density at radius 3 is 2.55 bits per heavy atom. The predicted octanol–water partition coefficient (Wildman–Crippen LogP) is 2.27. The van der Waals surface area contributed by atoms with Gasteiger partial charge in [-0.25, -0.2) is 0 Å². The number of carbonyl (C=O) groups excluding carboxylic acids is 2. The fraction of sp³-hybridized carbons (Fsp3) is 0.400. The summed E-state index contributed by atoms with van der Waals surface area (Å²) in [4.78, 5) is 31.1. The first-order chi connectivity index (χ1) is 15.9. The van der Waals surface area contributed by atoms with Gasteiger partial charge < -0.3 is 15.2 Å². The molecule has 8 nitrogen and oxygen atoms in total. The van der Waals surface area contributed by atoms with Crippen molar-refractivity contribution in [2.45, 2.75) is 32.0 Å². The Labute approximate surface area is 191 Å². The lowest BCUT2D eigenvalue weighted by Crippen LogP contribution is -2.40. The molecule has 0 aliphatic carbocycles. The number of hydrogen-bond donors (Lipinski definition) is 2. The number of nitrogens with zero attached hydrogens (tertiary/aromatic N) is 2. The SMILES string of the molecule is CC1CCN2C(c3ccc(C(=N)N)cc3)C3C(=O)N(Cc4ccc5c(c4)OCO5)C(=O)C3C12. The number of nitrogens with one attached hydrogen (secondary N) is 1. The largest absolute Gasteiger partial charge is 0.454 e. The Morgan fingerprint density at radius 2 is 1.79 bits per heavy atom. The quantitative estimate of drug-likeness (QED) is 0.424. The van der Waals surface area contributed by atoms with Gasteiger partial charge in [0.2, 0.25) is 18.6 Å². The van der Waals surface area contributed by atoms with E-state index in [1.54, 1.807) is 0 Å². The molecule has 3 saturated heterocycles. The molecule has 2 aromatic carbocycles. The first-order valence-corrected chi connectivity index (χ1v) is 11.4. The molecular formula is C25H26N4O4. The second-order valence-electron chi connectivity index (χ2n) is 9.48. The zero-order valence-electron chi connectivity index (χ0n) is 18.4. The molecule has 8 heteroatoms.